The van der Waals surface area contributed by atoms with E-state index in [-0.39, 0.29) is 5.78 Å². The van der Waals surface area contributed by atoms with Gasteiger partial charge in [-0.3, -0.25) is 9.78 Å². The number of rotatable bonds is 6. The van der Waals surface area contributed by atoms with Gasteiger partial charge in [0.25, 0.3) is 0 Å². The number of benzene rings is 3. The molecule has 0 amide bonds. The molecule has 0 atom stereocenters. The summed E-state index contributed by atoms with van der Waals surface area (Å²) in [5, 5.41) is 0.995. The van der Waals surface area contributed by atoms with Crippen LogP contribution in [0.3, 0.4) is 0 Å². The summed E-state index contributed by atoms with van der Waals surface area (Å²) >= 11 is 0. The number of ketones is 1. The van der Waals surface area contributed by atoms with E-state index in [4.69, 9.17) is 9.72 Å². The van der Waals surface area contributed by atoms with Crippen molar-refractivity contribution in [2.24, 2.45) is 0 Å². The fraction of sp³-hybridized carbons (Fsp3) is 0.143. The minimum Gasteiger partial charge on any atom is -0.494 e. The lowest BCUT2D eigenvalue weighted by molar-refractivity contribution is 0.104. The van der Waals surface area contributed by atoms with Gasteiger partial charge in [0, 0.05) is 16.6 Å². The molecule has 31 heavy (non-hydrogen) atoms. The molecule has 0 bridgehead atoms. The second-order valence-electron chi connectivity index (χ2n) is 7.53. The number of nitrogens with zero attached hydrogens (tertiary/aromatic N) is 1. The highest BCUT2D eigenvalue weighted by atomic mass is 16.5. The van der Waals surface area contributed by atoms with Gasteiger partial charge >= 0.3 is 0 Å². The number of carbonyl (C=O) groups is 1. The zero-order valence-corrected chi connectivity index (χ0v) is 18.1. The van der Waals surface area contributed by atoms with E-state index in [0.717, 1.165) is 44.6 Å². The molecule has 0 fully saturated rings. The Balaban J connectivity index is 1.80. The van der Waals surface area contributed by atoms with Crippen molar-refractivity contribution in [3.8, 4) is 16.9 Å². The summed E-state index contributed by atoms with van der Waals surface area (Å²) in [4.78, 5) is 18.1. The molecule has 4 aromatic rings. The van der Waals surface area contributed by atoms with Gasteiger partial charge in [-0.2, -0.15) is 0 Å². The topological polar surface area (TPSA) is 39.2 Å². The van der Waals surface area contributed by atoms with Crippen LogP contribution >= 0.6 is 0 Å². The largest absolute Gasteiger partial charge is 0.494 e. The van der Waals surface area contributed by atoms with Crippen LogP contribution in [0, 0.1) is 13.8 Å². The van der Waals surface area contributed by atoms with Crippen molar-refractivity contribution in [3.05, 3.63) is 101 Å². The number of aromatic nitrogens is 1. The van der Waals surface area contributed by atoms with Gasteiger partial charge in [0.2, 0.25) is 0 Å². The highest BCUT2D eigenvalue weighted by Gasteiger charge is 2.19. The van der Waals surface area contributed by atoms with Crippen molar-refractivity contribution in [3.63, 3.8) is 0 Å². The van der Waals surface area contributed by atoms with E-state index in [1.54, 1.807) is 6.08 Å². The Bertz CT molecular complexity index is 1260. The lowest BCUT2D eigenvalue weighted by atomic mass is 9.91. The smallest absolute Gasteiger partial charge is 0.188 e. The lowest BCUT2D eigenvalue weighted by Crippen LogP contribution is -2.05. The standard InChI is InChI=1S/C28H25NO2/c1-4-31-23-14-11-21(12-15-23)13-17-26(30)27-20(3)29-25-16-10-19(2)18-24(25)28(27)22-8-6-5-7-9-22/h5-18H,4H2,1-3H3. The van der Waals surface area contributed by atoms with Crippen LogP contribution < -0.4 is 4.74 Å². The van der Waals surface area contributed by atoms with E-state index in [1.807, 2.05) is 80.6 Å². The van der Waals surface area contributed by atoms with Gasteiger partial charge in [0.15, 0.2) is 5.78 Å². The Morgan fingerprint density at radius 2 is 1.71 bits per heavy atom. The molecule has 0 aliphatic heterocycles. The second kappa shape index (κ2) is 8.97. The van der Waals surface area contributed by atoms with Gasteiger partial charge in [-0.25, -0.2) is 0 Å². The van der Waals surface area contributed by atoms with Crippen LogP contribution in [0.25, 0.3) is 28.1 Å². The molecule has 0 aliphatic carbocycles. The third-order valence-corrected chi connectivity index (χ3v) is 5.25. The van der Waals surface area contributed by atoms with Crippen molar-refractivity contribution >= 4 is 22.8 Å². The molecule has 1 heterocycles. The lowest BCUT2D eigenvalue weighted by Gasteiger charge is -2.14. The molecule has 3 nitrogen and oxygen atoms in total. The Hall–Kier alpha value is -3.72. The molecule has 0 spiro atoms. The zero-order chi connectivity index (χ0) is 21.8. The fourth-order valence-electron chi connectivity index (χ4n) is 3.80. The number of carbonyl (C=O) groups excluding carboxylic acids is 1. The molecule has 4 rings (SSSR count). The van der Waals surface area contributed by atoms with Gasteiger partial charge in [-0.1, -0.05) is 60.2 Å². The van der Waals surface area contributed by atoms with Gasteiger partial charge in [0.1, 0.15) is 5.75 Å². The predicted molar refractivity (Wildman–Crippen MR) is 128 cm³/mol. The SMILES string of the molecule is CCOc1ccc(C=CC(=O)c2c(C)nc3ccc(C)cc3c2-c2ccccc2)cc1. The summed E-state index contributed by atoms with van der Waals surface area (Å²) in [6.45, 7) is 6.55. The molecule has 3 heteroatoms. The predicted octanol–water partition coefficient (Wildman–Crippen LogP) is 6.81. The number of hydrogen-bond donors (Lipinski definition) is 0. The molecular weight excluding hydrogens is 382 g/mol. The maximum atomic E-state index is 13.4. The summed E-state index contributed by atoms with van der Waals surface area (Å²) in [6, 6.07) is 24.0. The average Bonchev–Trinajstić information content (AvgIpc) is 2.78. The Morgan fingerprint density at radius 1 is 0.968 bits per heavy atom. The van der Waals surface area contributed by atoms with Gasteiger partial charge in [0.05, 0.1) is 17.7 Å². The van der Waals surface area contributed by atoms with E-state index >= 15 is 0 Å². The molecule has 0 saturated heterocycles. The van der Waals surface area contributed by atoms with E-state index in [9.17, 15) is 4.79 Å². The molecule has 3 aromatic carbocycles. The van der Waals surface area contributed by atoms with Crippen molar-refractivity contribution in [1.82, 2.24) is 4.98 Å². The summed E-state index contributed by atoms with van der Waals surface area (Å²) in [5.41, 5.74) is 6.31. The third kappa shape index (κ3) is 4.41. The highest BCUT2D eigenvalue weighted by Crippen LogP contribution is 2.34. The first kappa shape index (κ1) is 20.5. The Morgan fingerprint density at radius 3 is 2.42 bits per heavy atom. The minimum absolute atomic E-state index is 0.0545. The number of fused-ring (bicyclic) bond motifs is 1. The molecular formula is C28H25NO2. The van der Waals surface area contributed by atoms with E-state index < -0.39 is 0 Å². The molecule has 0 saturated carbocycles. The number of aryl methyl sites for hydroxylation is 2. The van der Waals surface area contributed by atoms with Gasteiger partial charge in [-0.15, -0.1) is 0 Å². The van der Waals surface area contributed by atoms with Crippen LogP contribution in [0.5, 0.6) is 5.75 Å². The molecule has 0 aliphatic rings. The van der Waals surface area contributed by atoms with Crippen molar-refractivity contribution in [1.29, 1.82) is 0 Å². The normalized spacial score (nSPS) is 11.2. The van der Waals surface area contributed by atoms with Crippen molar-refractivity contribution in [2.75, 3.05) is 6.61 Å². The van der Waals surface area contributed by atoms with E-state index in [1.165, 1.54) is 0 Å². The van der Waals surface area contributed by atoms with Crippen LogP contribution in [-0.4, -0.2) is 17.4 Å². The van der Waals surface area contributed by atoms with Crippen LogP contribution in [0.2, 0.25) is 0 Å². The Kier molecular flexibility index (Phi) is 5.94. The highest BCUT2D eigenvalue weighted by molar-refractivity contribution is 6.16. The van der Waals surface area contributed by atoms with Crippen LogP contribution in [0.4, 0.5) is 0 Å². The van der Waals surface area contributed by atoms with Crippen LogP contribution in [0.15, 0.2) is 78.9 Å². The molecule has 0 radical (unpaired) electrons. The molecule has 0 unspecified atom stereocenters. The summed E-state index contributed by atoms with van der Waals surface area (Å²) in [7, 11) is 0. The maximum absolute atomic E-state index is 13.4. The second-order valence-corrected chi connectivity index (χ2v) is 7.53. The molecule has 1 aromatic heterocycles. The third-order valence-electron chi connectivity index (χ3n) is 5.25. The van der Waals surface area contributed by atoms with Crippen molar-refractivity contribution in [2.45, 2.75) is 20.8 Å². The molecule has 154 valence electrons. The zero-order valence-electron chi connectivity index (χ0n) is 18.1. The first-order valence-corrected chi connectivity index (χ1v) is 10.5. The fourth-order valence-corrected chi connectivity index (χ4v) is 3.80. The Labute approximate surface area is 183 Å². The minimum atomic E-state index is -0.0545. The van der Waals surface area contributed by atoms with E-state index in [2.05, 4.69) is 19.1 Å². The maximum Gasteiger partial charge on any atom is 0.188 e. The number of ether oxygens (including phenoxy) is 1. The molecule has 0 N–H and O–H groups in total. The summed E-state index contributed by atoms with van der Waals surface area (Å²) < 4.78 is 5.49. The van der Waals surface area contributed by atoms with Crippen LogP contribution in [-0.2, 0) is 0 Å². The number of hydrogen-bond acceptors (Lipinski definition) is 3. The van der Waals surface area contributed by atoms with Gasteiger partial charge in [-0.05, 0) is 62.2 Å². The average molecular weight is 408 g/mol. The number of pyridine rings is 1. The van der Waals surface area contributed by atoms with Crippen molar-refractivity contribution < 1.29 is 9.53 Å². The monoisotopic (exact) mass is 407 g/mol. The summed E-state index contributed by atoms with van der Waals surface area (Å²) in [5.74, 6) is 0.767. The first-order chi connectivity index (χ1) is 15.1. The quantitative estimate of drug-likeness (QED) is 0.260. The van der Waals surface area contributed by atoms with Gasteiger partial charge < -0.3 is 4.74 Å². The first-order valence-electron chi connectivity index (χ1n) is 10.5. The van der Waals surface area contributed by atoms with Crippen LogP contribution in [0.1, 0.15) is 34.1 Å². The summed E-state index contributed by atoms with van der Waals surface area (Å²) in [6.07, 6.45) is 3.47. The number of allylic oxidation sites excluding steroid dienone is 1. The van der Waals surface area contributed by atoms with E-state index in [0.29, 0.717) is 12.2 Å².